The second kappa shape index (κ2) is 3.92. The van der Waals surface area contributed by atoms with E-state index in [2.05, 4.69) is 26.0 Å². The van der Waals surface area contributed by atoms with Crippen LogP contribution in [-0.4, -0.2) is 14.6 Å². The smallest absolute Gasteiger partial charge is 0.169 e. The Labute approximate surface area is 105 Å². The molecule has 0 saturated heterocycles. The third-order valence-electron chi connectivity index (χ3n) is 2.46. The monoisotopic (exact) mass is 291 g/mol. The zero-order chi connectivity index (χ0) is 11.8. The first-order chi connectivity index (χ1) is 8.25. The largest absolute Gasteiger partial charge is 0.236 e. The van der Waals surface area contributed by atoms with Crippen LogP contribution in [0.5, 0.6) is 0 Å². The molecule has 84 valence electrons. The highest BCUT2D eigenvalue weighted by Crippen LogP contribution is 2.29. The summed E-state index contributed by atoms with van der Waals surface area (Å²) in [7, 11) is 0. The van der Waals surface area contributed by atoms with Crippen LogP contribution in [0.25, 0.3) is 16.9 Å². The van der Waals surface area contributed by atoms with Gasteiger partial charge in [-0.3, -0.25) is 0 Å². The van der Waals surface area contributed by atoms with E-state index < -0.39 is 0 Å². The van der Waals surface area contributed by atoms with Crippen molar-refractivity contribution < 1.29 is 4.39 Å². The Morgan fingerprint density at radius 3 is 2.65 bits per heavy atom. The molecule has 3 nitrogen and oxygen atoms in total. The minimum Gasteiger partial charge on any atom is -0.236 e. The third-order valence-corrected chi connectivity index (χ3v) is 3.19. The van der Waals surface area contributed by atoms with Crippen molar-refractivity contribution in [1.29, 1.82) is 0 Å². The molecule has 5 heteroatoms. The van der Waals surface area contributed by atoms with Crippen LogP contribution in [-0.2, 0) is 0 Å². The molecule has 0 bridgehead atoms. The minimum atomic E-state index is -0.258. The van der Waals surface area contributed by atoms with Gasteiger partial charge in [-0.1, -0.05) is 0 Å². The summed E-state index contributed by atoms with van der Waals surface area (Å²) in [5.74, 6) is -0.258. The molecule has 0 radical (unpaired) electrons. The van der Waals surface area contributed by atoms with Crippen LogP contribution in [0, 0.1) is 5.82 Å². The predicted octanol–water partition coefficient (Wildman–Crippen LogP) is 3.30. The molecule has 0 saturated carbocycles. The molecule has 17 heavy (non-hydrogen) atoms. The zero-order valence-electron chi connectivity index (χ0n) is 8.64. The summed E-state index contributed by atoms with van der Waals surface area (Å²) in [6.07, 6.45) is 3.52. The summed E-state index contributed by atoms with van der Waals surface area (Å²) in [5, 5.41) is 4.40. The van der Waals surface area contributed by atoms with Crippen LogP contribution in [0.2, 0.25) is 0 Å². The van der Waals surface area contributed by atoms with E-state index in [0.29, 0.717) is 0 Å². The van der Waals surface area contributed by atoms with Crippen LogP contribution in [0.4, 0.5) is 4.39 Å². The van der Waals surface area contributed by atoms with Crippen molar-refractivity contribution in [1.82, 2.24) is 14.6 Å². The normalized spacial score (nSPS) is 10.9. The molecule has 1 aromatic carbocycles. The van der Waals surface area contributed by atoms with E-state index in [1.807, 2.05) is 6.20 Å². The SMILES string of the molecule is Fc1ccc(-c2nn3cccnc3c2Br)cc1. The lowest BCUT2D eigenvalue weighted by atomic mass is 10.1. The molecule has 3 rings (SSSR count). The number of nitrogens with zero attached hydrogens (tertiary/aromatic N) is 3. The van der Waals surface area contributed by atoms with Crippen molar-refractivity contribution in [2.24, 2.45) is 0 Å². The first-order valence-electron chi connectivity index (χ1n) is 5.00. The lowest BCUT2D eigenvalue weighted by molar-refractivity contribution is 0.628. The van der Waals surface area contributed by atoms with E-state index >= 15 is 0 Å². The standard InChI is InChI=1S/C12H7BrFN3/c13-10-11(8-2-4-9(14)5-3-8)16-17-7-1-6-15-12(10)17/h1-7H. The first-order valence-corrected chi connectivity index (χ1v) is 5.80. The number of hydrogen-bond acceptors (Lipinski definition) is 2. The second-order valence-electron chi connectivity index (χ2n) is 3.56. The van der Waals surface area contributed by atoms with Gasteiger partial charge in [0.2, 0.25) is 0 Å². The molecule has 0 aliphatic rings. The third kappa shape index (κ3) is 1.72. The number of halogens is 2. The first kappa shape index (κ1) is 10.4. The molecule has 0 aliphatic heterocycles. The fraction of sp³-hybridized carbons (Fsp3) is 0. The Kier molecular flexibility index (Phi) is 2.40. The molecular weight excluding hydrogens is 285 g/mol. The van der Waals surface area contributed by atoms with Gasteiger partial charge in [-0.15, -0.1) is 0 Å². The van der Waals surface area contributed by atoms with E-state index in [9.17, 15) is 4.39 Å². The number of benzene rings is 1. The van der Waals surface area contributed by atoms with E-state index in [1.54, 1.807) is 28.9 Å². The van der Waals surface area contributed by atoms with Gasteiger partial charge in [0.15, 0.2) is 5.65 Å². The van der Waals surface area contributed by atoms with Crippen molar-refractivity contribution in [3.05, 3.63) is 53.0 Å². The van der Waals surface area contributed by atoms with Gasteiger partial charge in [-0.05, 0) is 46.3 Å². The summed E-state index contributed by atoms with van der Waals surface area (Å²) >= 11 is 3.47. The number of aromatic nitrogens is 3. The van der Waals surface area contributed by atoms with E-state index in [0.717, 1.165) is 21.4 Å². The zero-order valence-corrected chi connectivity index (χ0v) is 10.2. The second-order valence-corrected chi connectivity index (χ2v) is 4.35. The maximum absolute atomic E-state index is 12.9. The molecule has 0 N–H and O–H groups in total. The average Bonchev–Trinajstić information content (AvgIpc) is 2.69. The highest BCUT2D eigenvalue weighted by Gasteiger charge is 2.12. The minimum absolute atomic E-state index is 0.258. The van der Waals surface area contributed by atoms with Crippen LogP contribution in [0.3, 0.4) is 0 Å². The van der Waals surface area contributed by atoms with Gasteiger partial charge < -0.3 is 0 Å². The number of hydrogen-bond donors (Lipinski definition) is 0. The van der Waals surface area contributed by atoms with Crippen LogP contribution >= 0.6 is 15.9 Å². The molecular formula is C12H7BrFN3. The topological polar surface area (TPSA) is 30.2 Å². The van der Waals surface area contributed by atoms with Gasteiger partial charge in [0.1, 0.15) is 11.5 Å². The van der Waals surface area contributed by atoms with Crippen molar-refractivity contribution >= 4 is 21.6 Å². The van der Waals surface area contributed by atoms with Gasteiger partial charge in [-0.2, -0.15) is 5.10 Å². The van der Waals surface area contributed by atoms with E-state index in [-0.39, 0.29) is 5.82 Å². The fourth-order valence-corrected chi connectivity index (χ4v) is 2.24. The van der Waals surface area contributed by atoms with Crippen molar-refractivity contribution in [3.8, 4) is 11.3 Å². The van der Waals surface area contributed by atoms with Crippen molar-refractivity contribution in [2.45, 2.75) is 0 Å². The Morgan fingerprint density at radius 2 is 1.94 bits per heavy atom. The molecule has 0 unspecified atom stereocenters. The fourth-order valence-electron chi connectivity index (χ4n) is 1.65. The Bertz CT molecular complexity index is 676. The molecule has 3 aromatic rings. The molecule has 2 heterocycles. The van der Waals surface area contributed by atoms with Crippen molar-refractivity contribution in [2.75, 3.05) is 0 Å². The summed E-state index contributed by atoms with van der Waals surface area (Å²) in [6.45, 7) is 0. The summed E-state index contributed by atoms with van der Waals surface area (Å²) < 4.78 is 15.4. The van der Waals surface area contributed by atoms with E-state index in [4.69, 9.17) is 0 Å². The van der Waals surface area contributed by atoms with Crippen LogP contribution in [0.1, 0.15) is 0 Å². The molecule has 0 atom stereocenters. The molecule has 0 spiro atoms. The summed E-state index contributed by atoms with van der Waals surface area (Å²) in [6, 6.07) is 8.03. The maximum atomic E-state index is 12.9. The van der Waals surface area contributed by atoms with Gasteiger partial charge in [0.05, 0.1) is 4.47 Å². The lowest BCUT2D eigenvalue weighted by Crippen LogP contribution is -1.87. The van der Waals surface area contributed by atoms with Gasteiger partial charge in [-0.25, -0.2) is 13.9 Å². The molecule has 0 fully saturated rings. The molecule has 0 aliphatic carbocycles. The Morgan fingerprint density at radius 1 is 1.18 bits per heavy atom. The van der Waals surface area contributed by atoms with E-state index in [1.165, 1.54) is 12.1 Å². The Balaban J connectivity index is 2.24. The average molecular weight is 292 g/mol. The quantitative estimate of drug-likeness (QED) is 0.689. The predicted molar refractivity (Wildman–Crippen MR) is 66.1 cm³/mol. The van der Waals surface area contributed by atoms with Crippen molar-refractivity contribution in [3.63, 3.8) is 0 Å². The summed E-state index contributed by atoms with van der Waals surface area (Å²) in [5.41, 5.74) is 2.35. The highest BCUT2D eigenvalue weighted by atomic mass is 79.9. The number of rotatable bonds is 1. The maximum Gasteiger partial charge on any atom is 0.169 e. The van der Waals surface area contributed by atoms with Gasteiger partial charge in [0, 0.05) is 18.0 Å². The summed E-state index contributed by atoms with van der Waals surface area (Å²) in [4.78, 5) is 4.22. The molecule has 2 aromatic heterocycles. The molecule has 0 amide bonds. The van der Waals surface area contributed by atoms with Gasteiger partial charge in [0.25, 0.3) is 0 Å². The highest BCUT2D eigenvalue weighted by molar-refractivity contribution is 9.10. The van der Waals surface area contributed by atoms with Gasteiger partial charge >= 0.3 is 0 Å². The lowest BCUT2D eigenvalue weighted by Gasteiger charge is -1.96. The van der Waals surface area contributed by atoms with Crippen LogP contribution in [0.15, 0.2) is 47.2 Å². The Hall–Kier alpha value is -1.75. The number of fused-ring (bicyclic) bond motifs is 1. The van der Waals surface area contributed by atoms with Crippen LogP contribution < -0.4 is 0 Å².